The molecule has 0 fully saturated rings. The highest BCUT2D eigenvalue weighted by atomic mass is 32.2. The molecule has 0 radical (unpaired) electrons. The fraction of sp³-hybridized carbons (Fsp3) is 0.381. The third-order valence-corrected chi connectivity index (χ3v) is 6.84. The third-order valence-electron chi connectivity index (χ3n) is 5.07. The molecular weight excluding hydrogens is 372 g/mol. The van der Waals surface area contributed by atoms with E-state index in [9.17, 15) is 8.42 Å². The SMILES string of the molecule is CN=C(NCCS(=O)(=O)N1CCc2ccccc21)N(C)Cc1ccccc1C. The molecule has 150 valence electrons. The first-order valence-corrected chi connectivity index (χ1v) is 11.1. The number of nitrogens with zero attached hydrogens (tertiary/aromatic N) is 3. The van der Waals surface area contributed by atoms with Crippen LogP contribution in [0.3, 0.4) is 0 Å². The normalized spacial score (nSPS) is 14.1. The zero-order chi connectivity index (χ0) is 20.1. The third kappa shape index (κ3) is 4.47. The Balaban J connectivity index is 1.58. The van der Waals surface area contributed by atoms with E-state index < -0.39 is 10.0 Å². The fourth-order valence-electron chi connectivity index (χ4n) is 3.50. The minimum absolute atomic E-state index is 0.0263. The number of aryl methyl sites for hydroxylation is 1. The number of aliphatic imine (C=N–C) groups is 1. The monoisotopic (exact) mass is 400 g/mol. The molecule has 1 heterocycles. The van der Waals surface area contributed by atoms with Gasteiger partial charge in [-0.05, 0) is 36.1 Å². The molecule has 1 aliphatic heterocycles. The van der Waals surface area contributed by atoms with E-state index in [1.807, 2.05) is 48.3 Å². The minimum atomic E-state index is -3.37. The number of para-hydroxylation sites is 1. The van der Waals surface area contributed by atoms with Gasteiger partial charge in [0, 0.05) is 33.7 Å². The summed E-state index contributed by atoms with van der Waals surface area (Å²) in [6.45, 7) is 3.62. The summed E-state index contributed by atoms with van der Waals surface area (Å²) < 4.78 is 27.1. The van der Waals surface area contributed by atoms with E-state index in [2.05, 4.69) is 29.4 Å². The second-order valence-electron chi connectivity index (χ2n) is 7.02. The molecule has 0 atom stereocenters. The standard InChI is InChI=1S/C21H28N4O2S/c1-17-8-4-5-10-19(17)16-24(3)21(22-2)23-13-15-28(26,27)25-14-12-18-9-6-7-11-20(18)25/h4-11H,12-16H2,1-3H3,(H,22,23). The van der Waals surface area contributed by atoms with Gasteiger partial charge >= 0.3 is 0 Å². The van der Waals surface area contributed by atoms with Gasteiger partial charge in [-0.1, -0.05) is 42.5 Å². The average Bonchev–Trinajstić information content (AvgIpc) is 3.12. The molecule has 28 heavy (non-hydrogen) atoms. The van der Waals surface area contributed by atoms with Crippen LogP contribution in [0.2, 0.25) is 0 Å². The van der Waals surface area contributed by atoms with Gasteiger partial charge in [0.05, 0.1) is 11.4 Å². The molecule has 2 aromatic carbocycles. The molecule has 0 aliphatic carbocycles. The van der Waals surface area contributed by atoms with E-state index in [1.54, 1.807) is 7.05 Å². The molecule has 0 amide bonds. The Labute approximate surface area is 167 Å². The lowest BCUT2D eigenvalue weighted by atomic mass is 10.1. The predicted octanol–water partition coefficient (Wildman–Crippen LogP) is 2.39. The Morgan fingerprint density at radius 1 is 1.18 bits per heavy atom. The lowest BCUT2D eigenvalue weighted by Crippen LogP contribution is -2.42. The second-order valence-corrected chi connectivity index (χ2v) is 9.04. The van der Waals surface area contributed by atoms with Crippen molar-refractivity contribution in [3.05, 3.63) is 65.2 Å². The van der Waals surface area contributed by atoms with Gasteiger partial charge in [0.1, 0.15) is 0 Å². The average molecular weight is 401 g/mol. The van der Waals surface area contributed by atoms with Crippen LogP contribution >= 0.6 is 0 Å². The number of sulfonamides is 1. The molecule has 0 saturated carbocycles. The van der Waals surface area contributed by atoms with Crippen LogP contribution in [0.1, 0.15) is 16.7 Å². The van der Waals surface area contributed by atoms with Crippen LogP contribution in [0.5, 0.6) is 0 Å². The summed E-state index contributed by atoms with van der Waals surface area (Å²) in [6, 6.07) is 15.9. The first-order valence-electron chi connectivity index (χ1n) is 9.47. The molecular formula is C21H28N4O2S. The highest BCUT2D eigenvalue weighted by Gasteiger charge is 2.28. The number of guanidine groups is 1. The number of benzene rings is 2. The molecule has 1 aliphatic rings. The summed E-state index contributed by atoms with van der Waals surface area (Å²) in [4.78, 5) is 6.29. The van der Waals surface area contributed by atoms with E-state index in [-0.39, 0.29) is 5.75 Å². The molecule has 0 bridgehead atoms. The number of rotatable bonds is 6. The summed E-state index contributed by atoms with van der Waals surface area (Å²) in [7, 11) is 0.290. The van der Waals surface area contributed by atoms with Crippen LogP contribution < -0.4 is 9.62 Å². The number of nitrogens with one attached hydrogen (secondary N) is 1. The smallest absolute Gasteiger partial charge is 0.236 e. The van der Waals surface area contributed by atoms with Crippen LogP contribution in [-0.4, -0.2) is 52.2 Å². The van der Waals surface area contributed by atoms with E-state index in [0.29, 0.717) is 25.6 Å². The number of anilines is 1. The molecule has 3 rings (SSSR count). The maximum Gasteiger partial charge on any atom is 0.236 e. The van der Waals surface area contributed by atoms with Gasteiger partial charge in [0.25, 0.3) is 0 Å². The number of fused-ring (bicyclic) bond motifs is 1. The van der Waals surface area contributed by atoms with Crippen LogP contribution in [0.4, 0.5) is 5.69 Å². The quantitative estimate of drug-likeness (QED) is 0.597. The molecule has 2 aromatic rings. The van der Waals surface area contributed by atoms with Crippen molar-refractivity contribution in [1.82, 2.24) is 10.2 Å². The highest BCUT2D eigenvalue weighted by molar-refractivity contribution is 7.92. The molecule has 0 saturated heterocycles. The van der Waals surface area contributed by atoms with Crippen molar-refractivity contribution in [2.24, 2.45) is 4.99 Å². The summed E-state index contributed by atoms with van der Waals surface area (Å²) >= 11 is 0. The Morgan fingerprint density at radius 3 is 2.64 bits per heavy atom. The molecule has 7 heteroatoms. The molecule has 0 unspecified atom stereocenters. The van der Waals surface area contributed by atoms with E-state index >= 15 is 0 Å². The Hall–Kier alpha value is -2.54. The van der Waals surface area contributed by atoms with Gasteiger partial charge in [-0.2, -0.15) is 0 Å². The molecule has 0 aromatic heterocycles. The van der Waals surface area contributed by atoms with Crippen molar-refractivity contribution >= 4 is 21.7 Å². The molecule has 0 spiro atoms. The topological polar surface area (TPSA) is 65.0 Å². The van der Waals surface area contributed by atoms with E-state index in [4.69, 9.17) is 0 Å². The van der Waals surface area contributed by atoms with Gasteiger partial charge in [0.15, 0.2) is 5.96 Å². The summed E-state index contributed by atoms with van der Waals surface area (Å²) in [5.74, 6) is 0.707. The van der Waals surface area contributed by atoms with Gasteiger partial charge < -0.3 is 10.2 Å². The lowest BCUT2D eigenvalue weighted by Gasteiger charge is -2.24. The zero-order valence-electron chi connectivity index (χ0n) is 16.7. The first kappa shape index (κ1) is 20.2. The van der Waals surface area contributed by atoms with Gasteiger partial charge in [-0.25, -0.2) is 8.42 Å². The van der Waals surface area contributed by atoms with E-state index in [1.165, 1.54) is 15.4 Å². The fourth-order valence-corrected chi connectivity index (χ4v) is 4.93. The van der Waals surface area contributed by atoms with Gasteiger partial charge in [-0.3, -0.25) is 9.30 Å². The maximum absolute atomic E-state index is 12.8. The van der Waals surface area contributed by atoms with Crippen molar-refractivity contribution in [2.45, 2.75) is 19.9 Å². The summed E-state index contributed by atoms with van der Waals surface area (Å²) in [5, 5.41) is 3.18. The lowest BCUT2D eigenvalue weighted by molar-refractivity contribution is 0.477. The van der Waals surface area contributed by atoms with Gasteiger partial charge in [-0.15, -0.1) is 0 Å². The summed E-state index contributed by atoms with van der Waals surface area (Å²) in [6.07, 6.45) is 0.768. The first-order chi connectivity index (χ1) is 13.4. The van der Waals surface area contributed by atoms with Crippen molar-refractivity contribution in [2.75, 3.05) is 37.2 Å². The van der Waals surface area contributed by atoms with Crippen LogP contribution in [-0.2, 0) is 23.0 Å². The Kier molecular flexibility index (Phi) is 6.24. The van der Waals surface area contributed by atoms with E-state index in [0.717, 1.165) is 17.7 Å². The predicted molar refractivity (Wildman–Crippen MR) is 115 cm³/mol. The van der Waals surface area contributed by atoms with Crippen molar-refractivity contribution in [1.29, 1.82) is 0 Å². The molecule has 1 N–H and O–H groups in total. The van der Waals surface area contributed by atoms with Gasteiger partial charge in [0.2, 0.25) is 10.0 Å². The van der Waals surface area contributed by atoms with Crippen molar-refractivity contribution in [3.63, 3.8) is 0 Å². The zero-order valence-corrected chi connectivity index (χ0v) is 17.5. The Morgan fingerprint density at radius 2 is 1.89 bits per heavy atom. The number of hydrogen-bond donors (Lipinski definition) is 1. The highest BCUT2D eigenvalue weighted by Crippen LogP contribution is 2.29. The minimum Gasteiger partial charge on any atom is -0.355 e. The van der Waals surface area contributed by atoms with Crippen LogP contribution in [0.25, 0.3) is 0 Å². The molecule has 6 nitrogen and oxygen atoms in total. The van der Waals surface area contributed by atoms with Crippen molar-refractivity contribution < 1.29 is 8.42 Å². The number of hydrogen-bond acceptors (Lipinski definition) is 3. The van der Waals surface area contributed by atoms with Crippen LogP contribution in [0.15, 0.2) is 53.5 Å². The van der Waals surface area contributed by atoms with Crippen molar-refractivity contribution in [3.8, 4) is 0 Å². The second kappa shape index (κ2) is 8.65. The maximum atomic E-state index is 12.8. The van der Waals surface area contributed by atoms with Crippen LogP contribution in [0, 0.1) is 6.92 Å². The largest absolute Gasteiger partial charge is 0.355 e. The Bertz CT molecular complexity index is 956. The summed E-state index contributed by atoms with van der Waals surface area (Å²) in [5.41, 5.74) is 4.34.